The van der Waals surface area contributed by atoms with E-state index in [2.05, 4.69) is 98.6 Å². The highest BCUT2D eigenvalue weighted by Crippen LogP contribution is 2.45. The average Bonchev–Trinajstić information content (AvgIpc) is 1.70. The quantitative estimate of drug-likeness (QED) is 0.0261. The first-order valence-electron chi connectivity index (χ1n) is 27.9. The van der Waals surface area contributed by atoms with E-state index in [1.807, 2.05) is 66.7 Å². The topological polar surface area (TPSA) is 271 Å². The lowest BCUT2D eigenvalue weighted by Gasteiger charge is -2.08. The molecule has 3 amide bonds. The fourth-order valence-electron chi connectivity index (χ4n) is 8.20. The van der Waals surface area contributed by atoms with Crippen LogP contribution in [-0.4, -0.2) is 51.9 Å². The van der Waals surface area contributed by atoms with Crippen LogP contribution in [0, 0.1) is 4.77 Å². The van der Waals surface area contributed by atoms with Crippen LogP contribution in [0.25, 0.3) is 5.69 Å². The molecule has 4 aliphatic rings. The van der Waals surface area contributed by atoms with E-state index in [1.54, 1.807) is 28.8 Å². The number of sulfonamides is 1. The van der Waals surface area contributed by atoms with Gasteiger partial charge in [-0.2, -0.15) is 4.99 Å². The fourth-order valence-corrected chi connectivity index (χ4v) is 11.8. The van der Waals surface area contributed by atoms with Gasteiger partial charge in [-0.15, -0.1) is 16.7 Å². The number of thiocarbonyl (C=S) groups is 1. The number of nitrogen functional groups attached to an aromatic ring is 3. The summed E-state index contributed by atoms with van der Waals surface area (Å²) < 4.78 is 25.9. The fraction of sp³-hybridized carbons (Fsp3) is 0.304. The van der Waals surface area contributed by atoms with Crippen LogP contribution in [0.4, 0.5) is 40.1 Å². The van der Waals surface area contributed by atoms with E-state index in [9.17, 15) is 22.8 Å². The normalized spacial score (nSPS) is 12.6. The van der Waals surface area contributed by atoms with Crippen molar-refractivity contribution in [2.45, 2.75) is 138 Å². The first-order valence-corrected chi connectivity index (χ1v) is 35.0. The summed E-state index contributed by atoms with van der Waals surface area (Å²) in [4.78, 5) is 36.2. The van der Waals surface area contributed by atoms with Gasteiger partial charge in [-0.05, 0) is 225 Å². The molecular weight excluding hydrogens is 1600 g/mol. The van der Waals surface area contributed by atoms with Crippen LogP contribution in [0.15, 0.2) is 146 Å². The molecule has 0 saturated heterocycles. The lowest BCUT2D eigenvalue weighted by Crippen LogP contribution is -2.14. The van der Waals surface area contributed by atoms with E-state index in [-0.39, 0.29) is 77.9 Å². The molecule has 12 N–H and O–H groups in total. The lowest BCUT2D eigenvalue weighted by molar-refractivity contribution is -0.115. The van der Waals surface area contributed by atoms with Gasteiger partial charge in [-0.1, -0.05) is 182 Å². The second-order valence-electron chi connectivity index (χ2n) is 21.0. The number of nitrogens with two attached hydrogens (primary N) is 4. The van der Waals surface area contributed by atoms with E-state index < -0.39 is 15.9 Å². The third-order valence-corrected chi connectivity index (χ3v) is 18.1. The molecule has 8 aromatic rings. The number of aromatic nitrogens is 3. The molecule has 0 unspecified atom stereocenters. The number of hydrogen-bond donors (Lipinski definition) is 8. The molecule has 0 aliphatic heterocycles. The lowest BCUT2D eigenvalue weighted by atomic mass is 10.1. The molecule has 4 fully saturated rings. The Bertz CT molecular complexity index is 4190. The summed E-state index contributed by atoms with van der Waals surface area (Å²) in [6.45, 7) is 2.92. The predicted molar refractivity (Wildman–Crippen MR) is 433 cm³/mol. The Morgan fingerprint density at radius 2 is 0.918 bits per heavy atom. The van der Waals surface area contributed by atoms with E-state index in [0.717, 1.165) is 32.5 Å². The van der Waals surface area contributed by atoms with Gasteiger partial charge in [0.05, 0.1) is 85.0 Å². The number of hydrogen-bond acceptors (Lipinski definition) is 12. The maximum absolute atomic E-state index is 11.0. The molecule has 98 heavy (non-hydrogen) atoms. The second-order valence-corrected chi connectivity index (χ2v) is 28.1. The first-order chi connectivity index (χ1) is 43.5. The Morgan fingerprint density at radius 1 is 0.551 bits per heavy atom. The van der Waals surface area contributed by atoms with Crippen LogP contribution < -0.4 is 38.3 Å². The molecule has 4 aliphatic carbocycles. The van der Waals surface area contributed by atoms with Crippen molar-refractivity contribution in [2.24, 2.45) is 10.1 Å². The number of anilines is 6. The van der Waals surface area contributed by atoms with Gasteiger partial charge < -0.3 is 33.2 Å². The summed E-state index contributed by atoms with van der Waals surface area (Å²) in [5.74, 6) is 2.30. The van der Waals surface area contributed by atoms with Crippen molar-refractivity contribution in [3.8, 4) is 5.69 Å². The number of primary sulfonamides is 1. The van der Waals surface area contributed by atoms with Crippen LogP contribution in [0.3, 0.4) is 0 Å². The number of rotatable bonds is 11. The number of amides is 3. The smallest absolute Gasteiger partial charge is 0.239 e. The van der Waals surface area contributed by atoms with E-state index in [4.69, 9.17) is 127 Å². The maximum atomic E-state index is 11.0. The van der Waals surface area contributed by atoms with Gasteiger partial charge in [-0.3, -0.25) is 19.0 Å². The zero-order chi connectivity index (χ0) is 67.6. The number of carbonyl (C=O) groups is 3. The molecule has 1 heterocycles. The number of halogens is 10. The Labute approximate surface area is 645 Å². The van der Waals surface area contributed by atoms with Crippen LogP contribution >= 0.6 is 149 Å². The molecule has 0 radical (unpaired) electrons. The number of carbonyl (C=O) groups excluding carboxylic acids is 3. The number of H-pyrrole nitrogens is 1. The van der Waals surface area contributed by atoms with E-state index >= 15 is 0 Å². The molecule has 12 rings (SSSR count). The predicted octanol–water partition coefficient (Wildman–Crippen LogP) is 23.7. The molecular formula is C69H85Br2Cl8N11O5S3. The van der Waals surface area contributed by atoms with Gasteiger partial charge >= 0.3 is 0 Å². The summed E-state index contributed by atoms with van der Waals surface area (Å²) in [6, 6.07) is 38.1. The molecule has 0 spiro atoms. The van der Waals surface area contributed by atoms with Crippen molar-refractivity contribution in [1.29, 1.82) is 0 Å². The monoisotopic (exact) mass is 1680 g/mol. The van der Waals surface area contributed by atoms with Crippen LogP contribution in [-0.2, 0) is 24.4 Å². The summed E-state index contributed by atoms with van der Waals surface area (Å²) in [7, 11) is -3.80. The number of aromatic amines is 1. The number of isothiocyanates is 1. The van der Waals surface area contributed by atoms with Crippen molar-refractivity contribution in [1.82, 2.24) is 14.8 Å². The third-order valence-electron chi connectivity index (χ3n) is 13.4. The molecule has 534 valence electrons. The molecule has 29 heteroatoms. The molecule has 7 aromatic carbocycles. The minimum Gasteiger partial charge on any atom is -0.398 e. The van der Waals surface area contributed by atoms with Gasteiger partial charge in [0, 0.05) is 22.8 Å². The van der Waals surface area contributed by atoms with Gasteiger partial charge in [0.25, 0.3) is 0 Å². The Morgan fingerprint density at radius 3 is 1.29 bits per heavy atom. The first kappa shape index (κ1) is 92.7. The molecule has 0 bridgehead atoms. The molecule has 4 saturated carbocycles. The van der Waals surface area contributed by atoms with E-state index in [1.165, 1.54) is 99.6 Å². The van der Waals surface area contributed by atoms with Crippen LogP contribution in [0.2, 0.25) is 35.2 Å². The second kappa shape index (κ2) is 44.2. The van der Waals surface area contributed by atoms with Crippen molar-refractivity contribution in [2.75, 3.05) is 39.0 Å². The summed E-state index contributed by atoms with van der Waals surface area (Å²) in [6.07, 6.45) is 10.2. The summed E-state index contributed by atoms with van der Waals surface area (Å²) >= 11 is 62.9. The largest absolute Gasteiger partial charge is 0.398 e. The van der Waals surface area contributed by atoms with Crippen LogP contribution in [0.1, 0.15) is 156 Å². The highest BCUT2D eigenvalue weighted by Gasteiger charge is 2.27. The third kappa shape index (κ3) is 30.9. The highest BCUT2D eigenvalue weighted by atomic mass is 79.9. The Kier molecular flexibility index (Phi) is 41.8. The van der Waals surface area contributed by atoms with Crippen molar-refractivity contribution >= 4 is 222 Å². The molecule has 1 aromatic heterocycles. The number of nitrogens with zero attached hydrogens (tertiary/aromatic N) is 3. The van der Waals surface area contributed by atoms with E-state index in [0.29, 0.717) is 81.1 Å². The Hall–Kier alpha value is -5.30. The average molecular weight is 1690 g/mol. The van der Waals surface area contributed by atoms with Gasteiger partial charge in [0.2, 0.25) is 38.5 Å². The number of nitrogens with one attached hydrogen (secondary N) is 4. The SMILES string of the molecule is C.C.C.C.C.C.CC(=O)Nc1ccc(Br)cc1Cl.CC(=O)Nc1ccc(C2CC2)cc1Cl.NS(=O)(=O)c1ccc(NC(=O)CCl)c(Cl)c1.Nc1ccc(Br)cc1Cl.Nc1ccc(C2CC2)cc1Cl.Nc1n[nH]c(=S)n1-c1ccc(C2CC2)cc1Cl.S=C=Nc1ccc(C2CC2)cc1Cl. The van der Waals surface area contributed by atoms with Crippen LogP contribution in [0.5, 0.6) is 0 Å². The minimum atomic E-state index is -3.80. The highest BCUT2D eigenvalue weighted by molar-refractivity contribution is 9.10. The van der Waals surface area contributed by atoms with Crippen molar-refractivity contribution in [3.05, 3.63) is 199 Å². The van der Waals surface area contributed by atoms with Gasteiger partial charge in [0.1, 0.15) is 5.88 Å². The van der Waals surface area contributed by atoms with Crippen molar-refractivity contribution < 1.29 is 22.8 Å². The molecule has 16 nitrogen and oxygen atoms in total. The number of aliphatic imine (C=N–C) groups is 1. The number of alkyl halides is 1. The molecule has 0 atom stereocenters. The van der Waals surface area contributed by atoms with Crippen molar-refractivity contribution in [3.63, 3.8) is 0 Å². The maximum Gasteiger partial charge on any atom is 0.239 e. The summed E-state index contributed by atoms with van der Waals surface area (Å²) in [5.41, 5.74) is 26.4. The Balaban J connectivity index is 0.00000112. The standard InChI is InChI=1S/C11H11ClN4S.C11H12ClNO.C10H8ClNS.C9H10ClN.C8H7BrClNO.C8H8Cl2N2O3S.C6H5BrClN.6CH4/c12-8-5-7(6-1-2-6)3-4-9(8)16-10(13)14-15-11(16)17;1-7(14)13-11-5-4-9(6-10(11)12)8-2-3-8;11-9-5-8(7-1-2-7)3-4-10(9)12-6-13;10-8-5-7(6-1-2-6)3-4-9(8)11;1-5(12)11-8-3-2-6(9)4-7(8)10;9-4-8(13)12-7-2-1-5(3-6(7)10)16(11,14)15;7-4-1-2-6(9)5(8)3-4;;;;;;/h3-6H,1-2H2,(H2,13,14)(H,15,17);4-6,8H,2-3H2,1H3,(H,13,14);3-5,7H,1-2H2;3-6H,1-2,11H2;2-4H,1H3,(H,11,12);1-3H,4H2,(H,12,13)(H2,11,14,15);1-3H,9H2;6*1H4. The van der Waals surface area contributed by atoms with Gasteiger partial charge in [0.15, 0.2) is 0 Å². The van der Waals surface area contributed by atoms with Gasteiger partial charge in [-0.25, -0.2) is 18.7 Å². The zero-order valence-corrected chi connectivity index (χ0v) is 60.7. The minimum absolute atomic E-state index is 0. The summed E-state index contributed by atoms with van der Waals surface area (Å²) in [5, 5.41) is 25.3. The zero-order valence-electron chi connectivity index (χ0n) is 49.0. The number of benzene rings is 7.